The van der Waals surface area contributed by atoms with Crippen LogP contribution in [-0.4, -0.2) is 23.9 Å². The van der Waals surface area contributed by atoms with Crippen molar-refractivity contribution in [3.63, 3.8) is 0 Å². The second-order valence-electron chi connectivity index (χ2n) is 6.51. The first-order valence-electron chi connectivity index (χ1n) is 8.86. The zero-order valence-corrected chi connectivity index (χ0v) is 16.4. The molecular formula is C22H15ClFNO5. The molecule has 1 unspecified atom stereocenters. The molecule has 2 heterocycles. The molecule has 0 bridgehead atoms. The number of hydrogen-bond acceptors (Lipinski definition) is 5. The van der Waals surface area contributed by atoms with E-state index in [2.05, 4.69) is 0 Å². The standard InChI is InChI=1S/C22H15ClFNO5/c1-29-16-9-6-13(24)11-15(16)20(26)18-19(17-3-2-10-30-17)25(22(28)21(18)27)14-7-4-12(23)5-8-14/h2-11,19,26H,1H3/b20-18-. The SMILES string of the molecule is COc1ccc(F)cc1/C(O)=C1/C(=O)C(=O)N(c2ccc(Cl)cc2)C1c1ccco1. The molecule has 1 amide bonds. The summed E-state index contributed by atoms with van der Waals surface area (Å²) < 4.78 is 24.5. The summed E-state index contributed by atoms with van der Waals surface area (Å²) in [5.41, 5.74) is 0.0881. The molecule has 1 saturated heterocycles. The summed E-state index contributed by atoms with van der Waals surface area (Å²) in [6, 6.07) is 11.9. The number of hydrogen-bond donors (Lipinski definition) is 1. The number of aliphatic hydroxyl groups is 1. The Morgan fingerprint density at radius 3 is 2.53 bits per heavy atom. The maximum absolute atomic E-state index is 13.9. The van der Waals surface area contributed by atoms with Crippen LogP contribution in [0.1, 0.15) is 17.4 Å². The van der Waals surface area contributed by atoms with E-state index in [9.17, 15) is 19.1 Å². The van der Waals surface area contributed by atoms with Crippen LogP contribution < -0.4 is 9.64 Å². The summed E-state index contributed by atoms with van der Waals surface area (Å²) in [5, 5.41) is 11.4. The first kappa shape index (κ1) is 19.7. The molecule has 1 aliphatic rings. The topological polar surface area (TPSA) is 80.0 Å². The second-order valence-corrected chi connectivity index (χ2v) is 6.94. The van der Waals surface area contributed by atoms with Gasteiger partial charge in [0.1, 0.15) is 29.1 Å². The highest BCUT2D eigenvalue weighted by Gasteiger charge is 2.48. The molecule has 3 aromatic rings. The maximum atomic E-state index is 13.9. The van der Waals surface area contributed by atoms with E-state index < -0.39 is 29.3 Å². The monoisotopic (exact) mass is 427 g/mol. The van der Waals surface area contributed by atoms with Crippen molar-refractivity contribution in [2.24, 2.45) is 0 Å². The molecule has 2 aromatic carbocycles. The Morgan fingerprint density at radius 2 is 1.90 bits per heavy atom. The van der Waals surface area contributed by atoms with Gasteiger partial charge in [-0.1, -0.05) is 11.6 Å². The molecule has 1 N–H and O–H groups in total. The van der Waals surface area contributed by atoms with E-state index in [1.54, 1.807) is 36.4 Å². The predicted octanol–water partition coefficient (Wildman–Crippen LogP) is 4.71. The fourth-order valence-electron chi connectivity index (χ4n) is 3.43. The van der Waals surface area contributed by atoms with Gasteiger partial charge in [0.05, 0.1) is 24.5 Å². The first-order chi connectivity index (χ1) is 14.4. The highest BCUT2D eigenvalue weighted by atomic mass is 35.5. The number of ketones is 1. The van der Waals surface area contributed by atoms with E-state index in [0.29, 0.717) is 10.7 Å². The number of benzene rings is 2. The normalized spacial score (nSPS) is 18.1. The predicted molar refractivity (Wildman–Crippen MR) is 108 cm³/mol. The third-order valence-corrected chi connectivity index (χ3v) is 5.03. The van der Waals surface area contributed by atoms with E-state index in [-0.39, 0.29) is 22.6 Å². The fraction of sp³-hybridized carbons (Fsp3) is 0.0909. The fourth-order valence-corrected chi connectivity index (χ4v) is 3.55. The highest BCUT2D eigenvalue weighted by molar-refractivity contribution is 6.51. The van der Waals surface area contributed by atoms with Crippen LogP contribution in [0.4, 0.5) is 10.1 Å². The summed E-state index contributed by atoms with van der Waals surface area (Å²) in [4.78, 5) is 27.1. The van der Waals surface area contributed by atoms with Crippen LogP contribution >= 0.6 is 11.6 Å². The first-order valence-corrected chi connectivity index (χ1v) is 9.24. The molecule has 0 radical (unpaired) electrons. The van der Waals surface area contributed by atoms with Gasteiger partial charge in [0.25, 0.3) is 11.7 Å². The Hall–Kier alpha value is -3.58. The molecule has 1 aromatic heterocycles. The van der Waals surface area contributed by atoms with Crippen LogP contribution in [0.25, 0.3) is 5.76 Å². The van der Waals surface area contributed by atoms with Crippen LogP contribution in [-0.2, 0) is 9.59 Å². The van der Waals surface area contributed by atoms with E-state index in [4.69, 9.17) is 20.8 Å². The molecule has 1 fully saturated rings. The largest absolute Gasteiger partial charge is 0.507 e. The van der Waals surface area contributed by atoms with Crippen molar-refractivity contribution in [1.82, 2.24) is 0 Å². The van der Waals surface area contributed by atoms with Crippen LogP contribution in [0.2, 0.25) is 5.02 Å². The maximum Gasteiger partial charge on any atom is 0.300 e. The number of aliphatic hydroxyl groups excluding tert-OH is 1. The summed E-state index contributed by atoms with van der Waals surface area (Å²) >= 11 is 5.94. The van der Waals surface area contributed by atoms with Crippen molar-refractivity contribution in [3.05, 3.63) is 88.6 Å². The van der Waals surface area contributed by atoms with Gasteiger partial charge in [-0.2, -0.15) is 0 Å². The number of anilines is 1. The number of methoxy groups -OCH3 is 1. The number of ether oxygens (including phenoxy) is 1. The average Bonchev–Trinajstić information content (AvgIpc) is 3.35. The summed E-state index contributed by atoms with van der Waals surface area (Å²) in [6.07, 6.45) is 1.39. The van der Waals surface area contributed by atoms with E-state index in [1.165, 1.54) is 24.3 Å². The van der Waals surface area contributed by atoms with E-state index in [1.807, 2.05) is 0 Å². The lowest BCUT2D eigenvalue weighted by Gasteiger charge is -2.23. The zero-order chi connectivity index (χ0) is 21.4. The minimum atomic E-state index is -1.06. The minimum absolute atomic E-state index is 0.0526. The number of rotatable bonds is 4. The Morgan fingerprint density at radius 1 is 1.17 bits per heavy atom. The number of halogens is 2. The molecular weight excluding hydrogens is 413 g/mol. The van der Waals surface area contributed by atoms with Crippen molar-refractivity contribution >= 4 is 34.7 Å². The second kappa shape index (κ2) is 7.68. The number of Topliss-reactive ketones (excluding diaryl/α,β-unsaturated/α-hetero) is 1. The number of nitrogens with zero attached hydrogens (tertiary/aromatic N) is 1. The van der Waals surface area contributed by atoms with Gasteiger partial charge < -0.3 is 14.3 Å². The summed E-state index contributed by atoms with van der Waals surface area (Å²) in [7, 11) is 1.35. The Bertz CT molecular complexity index is 1150. The van der Waals surface area contributed by atoms with Gasteiger partial charge in [0.2, 0.25) is 0 Å². The van der Waals surface area contributed by atoms with Crippen LogP contribution in [0.15, 0.2) is 70.9 Å². The van der Waals surface area contributed by atoms with Crippen molar-refractivity contribution in [2.75, 3.05) is 12.0 Å². The quantitative estimate of drug-likeness (QED) is 0.370. The van der Waals surface area contributed by atoms with E-state index >= 15 is 0 Å². The van der Waals surface area contributed by atoms with Crippen LogP contribution in [0.3, 0.4) is 0 Å². The molecule has 1 aliphatic heterocycles. The van der Waals surface area contributed by atoms with Crippen LogP contribution in [0, 0.1) is 5.82 Å². The molecule has 1 atom stereocenters. The molecule has 4 rings (SSSR count). The van der Waals surface area contributed by atoms with Gasteiger partial charge in [-0.3, -0.25) is 14.5 Å². The Kier molecular flexibility index (Phi) is 5.05. The smallest absolute Gasteiger partial charge is 0.300 e. The van der Waals surface area contributed by atoms with Gasteiger partial charge >= 0.3 is 0 Å². The molecule has 0 spiro atoms. The third kappa shape index (κ3) is 3.23. The van der Waals surface area contributed by atoms with Crippen molar-refractivity contribution in [3.8, 4) is 5.75 Å². The highest BCUT2D eigenvalue weighted by Crippen LogP contribution is 2.43. The Labute approximate surface area is 175 Å². The van der Waals surface area contributed by atoms with Gasteiger partial charge in [-0.25, -0.2) is 4.39 Å². The van der Waals surface area contributed by atoms with Gasteiger partial charge in [-0.05, 0) is 54.6 Å². The molecule has 0 aliphatic carbocycles. The van der Waals surface area contributed by atoms with E-state index in [0.717, 1.165) is 12.1 Å². The van der Waals surface area contributed by atoms with Gasteiger partial charge in [0, 0.05) is 10.7 Å². The molecule has 8 heteroatoms. The molecule has 152 valence electrons. The van der Waals surface area contributed by atoms with Gasteiger partial charge in [-0.15, -0.1) is 0 Å². The minimum Gasteiger partial charge on any atom is -0.507 e. The van der Waals surface area contributed by atoms with Gasteiger partial charge in [0.15, 0.2) is 0 Å². The lowest BCUT2D eigenvalue weighted by molar-refractivity contribution is -0.132. The number of carbonyl (C=O) groups excluding carboxylic acids is 2. The molecule has 6 nitrogen and oxygen atoms in total. The zero-order valence-electron chi connectivity index (χ0n) is 15.6. The summed E-state index contributed by atoms with van der Waals surface area (Å²) in [5.74, 6) is -2.61. The van der Waals surface area contributed by atoms with Crippen molar-refractivity contribution in [1.29, 1.82) is 0 Å². The third-order valence-electron chi connectivity index (χ3n) is 4.78. The number of amides is 1. The number of furan rings is 1. The lowest BCUT2D eigenvalue weighted by Crippen LogP contribution is -2.29. The molecule has 30 heavy (non-hydrogen) atoms. The number of carbonyl (C=O) groups is 2. The lowest BCUT2D eigenvalue weighted by atomic mass is 9.98. The van der Waals surface area contributed by atoms with Crippen molar-refractivity contribution in [2.45, 2.75) is 6.04 Å². The summed E-state index contributed by atoms with van der Waals surface area (Å²) in [6.45, 7) is 0. The molecule has 0 saturated carbocycles. The Balaban J connectivity index is 1.95. The van der Waals surface area contributed by atoms with Crippen molar-refractivity contribution < 1.29 is 28.2 Å². The van der Waals surface area contributed by atoms with Crippen LogP contribution in [0.5, 0.6) is 5.75 Å². The average molecular weight is 428 g/mol.